The van der Waals surface area contributed by atoms with E-state index in [0.29, 0.717) is 28.2 Å². The molecule has 8 nitrogen and oxygen atoms in total. The minimum atomic E-state index is -0.502. The van der Waals surface area contributed by atoms with E-state index >= 15 is 0 Å². The molecule has 0 aliphatic heterocycles. The fourth-order valence-electron chi connectivity index (χ4n) is 9.37. The van der Waals surface area contributed by atoms with Gasteiger partial charge < -0.3 is 20.6 Å². The van der Waals surface area contributed by atoms with Crippen LogP contribution in [0.25, 0.3) is 5.57 Å². The van der Waals surface area contributed by atoms with Gasteiger partial charge in [-0.05, 0) is 134 Å². The lowest BCUT2D eigenvalue weighted by Crippen LogP contribution is -2.34. The summed E-state index contributed by atoms with van der Waals surface area (Å²) < 4.78 is 2.11. The smallest absolute Gasteiger partial charge is 0.255 e. The number of nitrogens with one attached hydrogen (secondary N) is 2. The number of nitrogens with zero attached hydrogens (tertiary/aromatic N) is 2. The van der Waals surface area contributed by atoms with Crippen molar-refractivity contribution in [3.8, 4) is 0 Å². The molecular formula is C63H56N4O4. The zero-order chi connectivity index (χ0) is 50.2. The van der Waals surface area contributed by atoms with Crippen LogP contribution in [0.3, 0.4) is 0 Å². The maximum Gasteiger partial charge on any atom is 0.255 e. The molecule has 71 heavy (non-hydrogen) atoms. The summed E-state index contributed by atoms with van der Waals surface area (Å²) in [7, 11) is 0. The summed E-state index contributed by atoms with van der Waals surface area (Å²) in [5.41, 5.74) is 16.6. The normalized spacial score (nSPS) is 15.0. The van der Waals surface area contributed by atoms with Crippen molar-refractivity contribution in [3.63, 3.8) is 0 Å². The monoisotopic (exact) mass is 932 g/mol. The molecule has 0 radical (unpaired) electrons. The number of amides is 2. The molecule has 0 heterocycles. The van der Waals surface area contributed by atoms with Crippen LogP contribution in [-0.4, -0.2) is 23.3 Å². The third-order valence-corrected chi connectivity index (χ3v) is 13.2. The minimum Gasteiger partial charge on any atom is -0.871 e. The quantitative estimate of drug-likeness (QED) is 0.105. The van der Waals surface area contributed by atoms with Crippen LogP contribution in [-0.2, 0) is 4.79 Å². The summed E-state index contributed by atoms with van der Waals surface area (Å²) in [6, 6.07) is 46.9. The average Bonchev–Trinajstić information content (AvgIpc) is 3.33. The van der Waals surface area contributed by atoms with Gasteiger partial charge in [-0.2, -0.15) is 4.58 Å². The molecule has 2 aliphatic rings. The van der Waals surface area contributed by atoms with E-state index in [9.17, 15) is 19.5 Å². The number of carbonyl (C=O) groups is 3. The molecule has 2 amide bonds. The van der Waals surface area contributed by atoms with Crippen LogP contribution in [0.5, 0.6) is 0 Å². The molecule has 0 saturated carbocycles. The molecular weight excluding hydrogens is 877 g/mol. The van der Waals surface area contributed by atoms with E-state index in [1.54, 1.807) is 36.4 Å². The Bertz CT molecular complexity index is 3440. The maximum absolute atomic E-state index is 14.9. The molecule has 0 atom stereocenters. The SMILES string of the molecule is Cc1ccc(C(=O)NC2=CC(=[N+](c3ccc(C)cc3)c3ccc(C)cc3C)C=C/C2=C2\C(=O)C(c3ccc(N(c4ccc(C)cc4C)c4ccc(C)cc4C)cc3NC(=O)c3ccc(C)cc3)=C2[O-])cc1. The van der Waals surface area contributed by atoms with Crippen molar-refractivity contribution in [1.82, 2.24) is 9.89 Å². The van der Waals surface area contributed by atoms with Gasteiger partial charge in [0.25, 0.3) is 11.8 Å². The fourth-order valence-corrected chi connectivity index (χ4v) is 9.37. The highest BCUT2D eigenvalue weighted by Crippen LogP contribution is 2.45. The highest BCUT2D eigenvalue weighted by atomic mass is 16.3. The van der Waals surface area contributed by atoms with Crippen LogP contribution in [0.15, 0.2) is 186 Å². The topological polar surface area (TPSA) is 105 Å². The lowest BCUT2D eigenvalue weighted by Gasteiger charge is -2.35. The zero-order valence-corrected chi connectivity index (χ0v) is 41.6. The number of allylic oxidation sites excluding steroid dienone is 5. The lowest BCUT2D eigenvalue weighted by molar-refractivity contribution is -0.297. The van der Waals surface area contributed by atoms with Crippen LogP contribution in [0.1, 0.15) is 76.4 Å². The second-order valence-electron chi connectivity index (χ2n) is 18.9. The number of aryl methyl sites for hydroxylation is 9. The van der Waals surface area contributed by atoms with E-state index in [1.165, 1.54) is 0 Å². The minimum absolute atomic E-state index is 0.0632. The van der Waals surface area contributed by atoms with E-state index in [4.69, 9.17) is 0 Å². The Morgan fingerprint density at radius 2 is 1.00 bits per heavy atom. The van der Waals surface area contributed by atoms with Gasteiger partial charge in [0, 0.05) is 86.4 Å². The zero-order valence-electron chi connectivity index (χ0n) is 41.6. The largest absolute Gasteiger partial charge is 0.871 e. The van der Waals surface area contributed by atoms with Crippen molar-refractivity contribution >= 4 is 63.0 Å². The molecule has 2 N–H and O–H groups in total. The summed E-state index contributed by atoms with van der Waals surface area (Å²) in [6.45, 7) is 18.3. The van der Waals surface area contributed by atoms with Crippen LogP contribution >= 0.6 is 0 Å². The first-order valence-electron chi connectivity index (χ1n) is 23.8. The third-order valence-electron chi connectivity index (χ3n) is 13.2. The molecule has 0 spiro atoms. The first kappa shape index (κ1) is 47.4. The summed E-state index contributed by atoms with van der Waals surface area (Å²) in [5.74, 6) is -1.79. The number of carbonyl (C=O) groups excluding carboxylic acids is 3. The number of anilines is 4. The number of benzene rings is 7. The van der Waals surface area contributed by atoms with Gasteiger partial charge in [0.15, 0.2) is 5.78 Å². The number of hydrogen-bond acceptors (Lipinski definition) is 5. The first-order chi connectivity index (χ1) is 34.0. The Balaban J connectivity index is 1.22. The maximum atomic E-state index is 14.9. The summed E-state index contributed by atoms with van der Waals surface area (Å²) in [6.07, 6.45) is 5.43. The van der Waals surface area contributed by atoms with E-state index in [-0.39, 0.29) is 22.3 Å². The predicted molar refractivity (Wildman–Crippen MR) is 288 cm³/mol. The van der Waals surface area contributed by atoms with Crippen LogP contribution in [0.4, 0.5) is 34.1 Å². The van der Waals surface area contributed by atoms with Gasteiger partial charge in [-0.3, -0.25) is 14.4 Å². The number of rotatable bonds is 10. The number of Topliss-reactive ketones (excluding diaryl/α,β-unsaturated/α-hetero) is 1. The Kier molecular flexibility index (Phi) is 13.0. The van der Waals surface area contributed by atoms with Crippen LogP contribution in [0.2, 0.25) is 0 Å². The second kappa shape index (κ2) is 19.4. The molecule has 352 valence electrons. The van der Waals surface area contributed by atoms with Gasteiger partial charge in [0.2, 0.25) is 17.1 Å². The molecule has 2 aliphatic carbocycles. The van der Waals surface area contributed by atoms with Crippen molar-refractivity contribution in [2.45, 2.75) is 62.3 Å². The molecule has 0 unspecified atom stereocenters. The standard InChI is InChI=1S/C63H56N4O4/c1-37-10-19-46(20-11-37)62(70)64-53-35-49(66(48-23-14-39(3)15-24-48)55-29-16-40(4)32-43(55)7)25-27-51(53)58-60(68)59(61(58)69)52-28-26-50(36-54(52)65-63(71)47-21-12-38(2)13-22-47)67(56-30-17-41(5)33-44(56)8)57-31-18-42(6)34-45(57)9/h10-36H,1-9H3,(H2,64,65,68,69,70,71). The highest BCUT2D eigenvalue weighted by Gasteiger charge is 2.36. The van der Waals surface area contributed by atoms with Crippen molar-refractivity contribution in [3.05, 3.63) is 253 Å². The fraction of sp³-hybridized carbons (Fsp3) is 0.143. The van der Waals surface area contributed by atoms with Crippen molar-refractivity contribution in [1.29, 1.82) is 0 Å². The van der Waals surface area contributed by atoms with Crippen LogP contribution in [0, 0.1) is 62.3 Å². The molecule has 0 saturated heterocycles. The van der Waals surface area contributed by atoms with Gasteiger partial charge in [-0.1, -0.05) is 112 Å². The van der Waals surface area contributed by atoms with Crippen molar-refractivity contribution in [2.75, 3.05) is 10.2 Å². The van der Waals surface area contributed by atoms with E-state index < -0.39 is 23.4 Å². The summed E-state index contributed by atoms with van der Waals surface area (Å²) >= 11 is 0. The molecule has 0 bridgehead atoms. The lowest BCUT2D eigenvalue weighted by atomic mass is 9.78. The number of ketones is 1. The van der Waals surface area contributed by atoms with Gasteiger partial charge in [-0.15, -0.1) is 0 Å². The second-order valence-corrected chi connectivity index (χ2v) is 18.9. The molecule has 8 heteroatoms. The van der Waals surface area contributed by atoms with E-state index in [1.807, 2.05) is 93.6 Å². The summed E-state index contributed by atoms with van der Waals surface area (Å²) in [5, 5.41) is 21.1. The molecule has 9 rings (SSSR count). The van der Waals surface area contributed by atoms with Gasteiger partial charge in [0.1, 0.15) is 0 Å². The van der Waals surface area contributed by atoms with Crippen LogP contribution < -0.4 is 25.2 Å². The average molecular weight is 933 g/mol. The van der Waals surface area contributed by atoms with Gasteiger partial charge >= 0.3 is 0 Å². The van der Waals surface area contributed by atoms with Gasteiger partial charge in [0.05, 0.1) is 11.4 Å². The summed E-state index contributed by atoms with van der Waals surface area (Å²) in [4.78, 5) is 45.3. The molecule has 0 aromatic heterocycles. The third kappa shape index (κ3) is 9.57. The highest BCUT2D eigenvalue weighted by molar-refractivity contribution is 6.40. The Morgan fingerprint density at radius 3 is 1.52 bits per heavy atom. The first-order valence-corrected chi connectivity index (χ1v) is 23.8. The van der Waals surface area contributed by atoms with E-state index in [0.717, 1.165) is 78.5 Å². The van der Waals surface area contributed by atoms with Gasteiger partial charge in [-0.25, -0.2) is 0 Å². The van der Waals surface area contributed by atoms with Crippen molar-refractivity contribution < 1.29 is 19.5 Å². The Morgan fingerprint density at radius 1 is 0.507 bits per heavy atom. The molecule has 7 aromatic carbocycles. The Labute approximate surface area is 416 Å². The molecule has 0 fully saturated rings. The molecule has 7 aromatic rings. The van der Waals surface area contributed by atoms with E-state index in [2.05, 4.69) is 116 Å². The van der Waals surface area contributed by atoms with Crippen molar-refractivity contribution in [2.24, 2.45) is 0 Å². The Hall–Kier alpha value is -8.62. The number of hydrogen-bond donors (Lipinski definition) is 2. The predicted octanol–water partition coefficient (Wildman–Crippen LogP) is 13.0.